The van der Waals surface area contributed by atoms with E-state index in [0.717, 1.165) is 8.04 Å². The van der Waals surface area contributed by atoms with Crippen LogP contribution >= 0.6 is 62.3 Å². The van der Waals surface area contributed by atoms with Crippen LogP contribution in [0.25, 0.3) is 0 Å². The number of amides is 2. The molecule has 2 aromatic carbocycles. The molecule has 3 N–H and O–H groups in total. The van der Waals surface area contributed by atoms with Gasteiger partial charge in [0, 0.05) is 8.04 Å². The topological polar surface area (TPSA) is 79.5 Å². The lowest BCUT2D eigenvalue weighted by molar-refractivity contribution is -0.123. The Hall–Kier alpha value is -1.43. The molecule has 0 saturated heterocycles. The van der Waals surface area contributed by atoms with E-state index in [9.17, 15) is 9.59 Å². The van der Waals surface area contributed by atoms with E-state index in [2.05, 4.69) is 54.7 Å². The third-order valence-corrected chi connectivity index (χ3v) is 4.85. The molecule has 0 fully saturated rings. The molecule has 2 aromatic rings. The van der Waals surface area contributed by atoms with Crippen molar-refractivity contribution >= 4 is 79.3 Å². The molecule has 2 rings (SSSR count). The molecule has 2 amide bonds. The second-order valence-corrected chi connectivity index (χ2v) is 7.69. The van der Waals surface area contributed by atoms with Crippen LogP contribution in [0.4, 0.5) is 0 Å². The molecule has 26 heavy (non-hydrogen) atoms. The summed E-state index contributed by atoms with van der Waals surface area (Å²) < 4.78 is 6.90. The molecular weight excluding hydrogens is 557 g/mol. The molecule has 0 radical (unpaired) electrons. The highest BCUT2D eigenvalue weighted by atomic mass is 127. The SMILES string of the molecule is O=C(COc1ccc(Br)cc1Cl)NNC(=S)NC(=O)c1ccccc1I. The predicted octanol–water partition coefficient (Wildman–Crippen LogP) is 3.42. The number of benzene rings is 2. The monoisotopic (exact) mass is 567 g/mol. The Labute approximate surface area is 182 Å². The van der Waals surface area contributed by atoms with Gasteiger partial charge in [-0.2, -0.15) is 0 Å². The van der Waals surface area contributed by atoms with Gasteiger partial charge in [0.05, 0.1) is 10.6 Å². The van der Waals surface area contributed by atoms with Gasteiger partial charge in [0.2, 0.25) is 0 Å². The number of halogens is 3. The van der Waals surface area contributed by atoms with Crippen molar-refractivity contribution < 1.29 is 14.3 Å². The fraction of sp³-hybridized carbons (Fsp3) is 0.0625. The molecule has 6 nitrogen and oxygen atoms in total. The zero-order chi connectivity index (χ0) is 19.1. The largest absolute Gasteiger partial charge is 0.482 e. The van der Waals surface area contributed by atoms with Crippen LogP contribution in [0.15, 0.2) is 46.9 Å². The van der Waals surface area contributed by atoms with Crippen molar-refractivity contribution in [3.8, 4) is 5.75 Å². The van der Waals surface area contributed by atoms with Crippen molar-refractivity contribution in [3.05, 3.63) is 61.1 Å². The first-order valence-electron chi connectivity index (χ1n) is 7.09. The van der Waals surface area contributed by atoms with Gasteiger partial charge in [-0.05, 0) is 65.1 Å². The maximum absolute atomic E-state index is 12.1. The first kappa shape index (κ1) is 20.9. The summed E-state index contributed by atoms with van der Waals surface area (Å²) >= 11 is 16.3. The molecule has 0 atom stereocenters. The lowest BCUT2D eigenvalue weighted by Gasteiger charge is -2.12. The quantitative estimate of drug-likeness (QED) is 0.299. The highest BCUT2D eigenvalue weighted by Gasteiger charge is 2.11. The number of rotatable bonds is 4. The Bertz CT molecular complexity index is 853. The summed E-state index contributed by atoms with van der Waals surface area (Å²) in [5, 5.41) is 2.81. The number of hydrazine groups is 1. The number of carbonyl (C=O) groups is 2. The summed E-state index contributed by atoms with van der Waals surface area (Å²) in [5.41, 5.74) is 5.25. The van der Waals surface area contributed by atoms with Crippen LogP contribution in [0.5, 0.6) is 5.75 Å². The zero-order valence-corrected chi connectivity index (χ0v) is 18.3. The van der Waals surface area contributed by atoms with Gasteiger partial charge in [-0.3, -0.25) is 25.8 Å². The Morgan fingerprint density at radius 1 is 1.19 bits per heavy atom. The second-order valence-electron chi connectivity index (χ2n) is 4.80. The Morgan fingerprint density at radius 2 is 1.92 bits per heavy atom. The van der Waals surface area contributed by atoms with Gasteiger partial charge in [-0.25, -0.2) is 0 Å². The van der Waals surface area contributed by atoms with Crippen molar-refractivity contribution in [1.29, 1.82) is 0 Å². The standard InChI is InChI=1S/C16H12BrClIN3O3S/c17-9-5-6-13(11(18)7-9)25-8-14(23)21-22-16(26)20-15(24)10-3-1-2-4-12(10)19/h1-7H,8H2,(H,21,23)(H2,20,22,24,26). The molecule has 0 aromatic heterocycles. The summed E-state index contributed by atoms with van der Waals surface area (Å²) in [6, 6.07) is 12.1. The third-order valence-electron chi connectivity index (χ3n) is 2.91. The van der Waals surface area contributed by atoms with Crippen molar-refractivity contribution in [2.24, 2.45) is 0 Å². The second kappa shape index (κ2) is 10.0. The number of ether oxygens (including phenoxy) is 1. The summed E-state index contributed by atoms with van der Waals surface area (Å²) in [5.74, 6) is -0.492. The lowest BCUT2D eigenvalue weighted by Crippen LogP contribution is -2.49. The number of carbonyl (C=O) groups excluding carboxylic acids is 2. The third kappa shape index (κ3) is 6.38. The van der Waals surface area contributed by atoms with E-state index in [-0.39, 0.29) is 17.6 Å². The van der Waals surface area contributed by atoms with Gasteiger partial charge in [-0.1, -0.05) is 39.7 Å². The Kier molecular flexibility index (Phi) is 8.07. The summed E-state index contributed by atoms with van der Waals surface area (Å²) in [6.45, 7) is -0.276. The number of nitrogens with one attached hydrogen (secondary N) is 3. The van der Waals surface area contributed by atoms with Crippen molar-refractivity contribution in [2.45, 2.75) is 0 Å². The molecular formula is C16H12BrClIN3O3S. The minimum Gasteiger partial charge on any atom is -0.482 e. The molecule has 0 unspecified atom stereocenters. The molecule has 136 valence electrons. The predicted molar refractivity (Wildman–Crippen MR) is 115 cm³/mol. The van der Waals surface area contributed by atoms with Crippen molar-refractivity contribution in [2.75, 3.05) is 6.61 Å². The molecule has 0 bridgehead atoms. The van der Waals surface area contributed by atoms with Crippen LogP contribution in [-0.4, -0.2) is 23.5 Å². The van der Waals surface area contributed by atoms with Gasteiger partial charge < -0.3 is 4.74 Å². The van der Waals surface area contributed by atoms with E-state index in [1.807, 2.05) is 6.07 Å². The van der Waals surface area contributed by atoms with Gasteiger partial charge in [0.15, 0.2) is 11.7 Å². The van der Waals surface area contributed by atoms with E-state index in [1.165, 1.54) is 0 Å². The van der Waals surface area contributed by atoms with Crippen LogP contribution in [0, 0.1) is 3.57 Å². The van der Waals surface area contributed by atoms with Gasteiger partial charge in [0.1, 0.15) is 5.75 Å². The fourth-order valence-electron chi connectivity index (χ4n) is 1.75. The highest BCUT2D eigenvalue weighted by molar-refractivity contribution is 14.1. The van der Waals surface area contributed by atoms with Gasteiger partial charge in [0.25, 0.3) is 11.8 Å². The van der Waals surface area contributed by atoms with Crippen molar-refractivity contribution in [3.63, 3.8) is 0 Å². The average molecular weight is 569 g/mol. The fourth-order valence-corrected chi connectivity index (χ4v) is 3.25. The molecule has 0 aliphatic rings. The molecule has 0 saturated carbocycles. The highest BCUT2D eigenvalue weighted by Crippen LogP contribution is 2.27. The summed E-state index contributed by atoms with van der Waals surface area (Å²) in [6.07, 6.45) is 0. The van der Waals surface area contributed by atoms with E-state index in [1.54, 1.807) is 36.4 Å². The molecule has 0 heterocycles. The number of hydrogen-bond acceptors (Lipinski definition) is 4. The van der Waals surface area contributed by atoms with Crippen LogP contribution in [0.2, 0.25) is 5.02 Å². The summed E-state index contributed by atoms with van der Waals surface area (Å²) in [7, 11) is 0. The van der Waals surface area contributed by atoms with E-state index in [4.69, 9.17) is 28.6 Å². The van der Waals surface area contributed by atoms with Crippen molar-refractivity contribution in [1.82, 2.24) is 16.2 Å². The summed E-state index contributed by atoms with van der Waals surface area (Å²) in [4.78, 5) is 23.9. The van der Waals surface area contributed by atoms with Crippen LogP contribution in [0.1, 0.15) is 10.4 Å². The molecule has 10 heteroatoms. The average Bonchev–Trinajstić information content (AvgIpc) is 2.59. The first-order valence-corrected chi connectivity index (χ1v) is 9.75. The van der Waals surface area contributed by atoms with E-state index in [0.29, 0.717) is 16.3 Å². The molecule has 0 spiro atoms. The van der Waals surface area contributed by atoms with Gasteiger partial charge >= 0.3 is 0 Å². The van der Waals surface area contributed by atoms with Crippen LogP contribution in [-0.2, 0) is 4.79 Å². The lowest BCUT2D eigenvalue weighted by atomic mass is 10.2. The van der Waals surface area contributed by atoms with E-state index < -0.39 is 5.91 Å². The number of hydrogen-bond donors (Lipinski definition) is 3. The maximum Gasteiger partial charge on any atom is 0.276 e. The Morgan fingerprint density at radius 3 is 2.62 bits per heavy atom. The molecule has 0 aliphatic heterocycles. The van der Waals surface area contributed by atoms with Crippen LogP contribution < -0.4 is 20.9 Å². The maximum atomic E-state index is 12.1. The minimum absolute atomic E-state index is 0.0373. The number of thiocarbonyl (C=S) groups is 1. The van der Waals surface area contributed by atoms with Gasteiger partial charge in [-0.15, -0.1) is 0 Å². The smallest absolute Gasteiger partial charge is 0.276 e. The van der Waals surface area contributed by atoms with Crippen LogP contribution in [0.3, 0.4) is 0 Å². The molecule has 0 aliphatic carbocycles. The first-order chi connectivity index (χ1) is 12.4. The zero-order valence-electron chi connectivity index (χ0n) is 13.0. The minimum atomic E-state index is -0.491. The van der Waals surface area contributed by atoms with E-state index >= 15 is 0 Å². The normalized spacial score (nSPS) is 9.96. The Balaban J connectivity index is 1.77.